The first-order valence-electron chi connectivity index (χ1n) is 1.58. The summed E-state index contributed by atoms with van der Waals surface area (Å²) in [5.74, 6) is -0.302. The highest BCUT2D eigenvalue weighted by Gasteiger charge is 2.06. The Hall–Kier alpha value is 0.550. The summed E-state index contributed by atoms with van der Waals surface area (Å²) in [5, 5.41) is 0. The van der Waals surface area contributed by atoms with Gasteiger partial charge in [0.05, 0.1) is 7.11 Å². The molecule has 0 spiro atoms. The summed E-state index contributed by atoms with van der Waals surface area (Å²) in [6.07, 6.45) is 0. The topological polar surface area (TPSA) is 26.3 Å². The molecule has 0 aromatic rings. The van der Waals surface area contributed by atoms with Gasteiger partial charge in [0.15, 0.2) is 3.26 Å². The van der Waals surface area contributed by atoms with Crippen molar-refractivity contribution in [3.8, 4) is 0 Å². The fraction of sp³-hybridized carbons (Fsp3) is 0.667. The molecule has 0 heterocycles. The van der Waals surface area contributed by atoms with E-state index in [-0.39, 0.29) is 9.23 Å². The zero-order valence-corrected chi connectivity index (χ0v) is 6.77. The van der Waals surface area contributed by atoms with Gasteiger partial charge in [-0.05, 0) is 0 Å². The lowest BCUT2D eigenvalue weighted by molar-refractivity contribution is -0.137. The number of esters is 1. The Morgan fingerprint density at radius 3 is 2.43 bits per heavy atom. The minimum absolute atomic E-state index is 0.302. The van der Waals surface area contributed by atoms with Crippen LogP contribution >= 0.6 is 35.2 Å². The highest BCUT2D eigenvalue weighted by molar-refractivity contribution is 14.1. The van der Waals surface area contributed by atoms with Crippen LogP contribution in [0.2, 0.25) is 0 Å². The lowest BCUT2D eigenvalue weighted by Gasteiger charge is -1.95. The number of alkyl halides is 1. The molecule has 4 heteroatoms. The van der Waals surface area contributed by atoms with Crippen LogP contribution in [0.15, 0.2) is 0 Å². The van der Waals surface area contributed by atoms with Gasteiger partial charge in [0.1, 0.15) is 0 Å². The van der Waals surface area contributed by atoms with Crippen molar-refractivity contribution in [1.29, 1.82) is 0 Å². The Labute approximate surface area is 61.2 Å². The molecule has 0 saturated heterocycles. The molecule has 0 aliphatic carbocycles. The summed E-state index contributed by atoms with van der Waals surface area (Å²) in [4.78, 5) is 10.2. The molecule has 0 aliphatic heterocycles. The van der Waals surface area contributed by atoms with E-state index in [1.165, 1.54) is 7.11 Å². The van der Waals surface area contributed by atoms with Crippen LogP contribution in [0, 0.1) is 0 Å². The quantitative estimate of drug-likeness (QED) is 0.314. The Bertz CT molecular complexity index is 73.3. The number of methoxy groups -OCH3 is 1. The Morgan fingerprint density at radius 2 is 2.43 bits per heavy atom. The van der Waals surface area contributed by atoms with Gasteiger partial charge in [0.2, 0.25) is 0 Å². The molecule has 1 unspecified atom stereocenters. The third kappa shape index (κ3) is 3.16. The number of rotatable bonds is 1. The molecule has 0 aromatic carbocycles. The lowest BCUT2D eigenvalue weighted by Crippen LogP contribution is -2.07. The highest BCUT2D eigenvalue weighted by Crippen LogP contribution is 2.05. The van der Waals surface area contributed by atoms with Crippen LogP contribution in [-0.4, -0.2) is 16.3 Å². The van der Waals surface area contributed by atoms with E-state index >= 15 is 0 Å². The number of hydrogen-bond acceptors (Lipinski definition) is 3. The first-order chi connectivity index (χ1) is 3.18. The molecule has 0 fully saturated rings. The van der Waals surface area contributed by atoms with E-state index in [4.69, 9.17) is 0 Å². The normalized spacial score (nSPS) is 13.0. The number of halogens is 1. The van der Waals surface area contributed by atoms with Gasteiger partial charge in [-0.2, -0.15) is 12.6 Å². The average Bonchev–Trinajstić information content (AvgIpc) is 1.65. The largest absolute Gasteiger partial charge is 0.468 e. The predicted molar refractivity (Wildman–Crippen MR) is 38.8 cm³/mol. The van der Waals surface area contributed by atoms with E-state index in [1.807, 2.05) is 22.6 Å². The minimum atomic E-state index is -0.331. The number of hydrogen-bond donors (Lipinski definition) is 1. The summed E-state index contributed by atoms with van der Waals surface area (Å²) in [6.45, 7) is 0. The summed E-state index contributed by atoms with van der Waals surface area (Å²) < 4.78 is 3.96. The smallest absolute Gasteiger partial charge is 0.328 e. The third-order valence-electron chi connectivity index (χ3n) is 0.396. The first kappa shape index (κ1) is 7.55. The van der Waals surface area contributed by atoms with Crippen molar-refractivity contribution in [2.75, 3.05) is 7.11 Å². The second-order valence-corrected chi connectivity index (χ2v) is 3.61. The van der Waals surface area contributed by atoms with Crippen molar-refractivity contribution in [3.63, 3.8) is 0 Å². The van der Waals surface area contributed by atoms with Crippen molar-refractivity contribution in [2.45, 2.75) is 3.26 Å². The molecule has 0 bridgehead atoms. The van der Waals surface area contributed by atoms with Gasteiger partial charge in [0, 0.05) is 0 Å². The molecular formula is C3H5IO2S. The lowest BCUT2D eigenvalue weighted by atomic mass is 10.8. The van der Waals surface area contributed by atoms with Gasteiger partial charge in [-0.25, -0.2) is 0 Å². The Morgan fingerprint density at radius 1 is 2.00 bits per heavy atom. The van der Waals surface area contributed by atoms with Crippen molar-refractivity contribution in [1.82, 2.24) is 0 Å². The summed E-state index contributed by atoms with van der Waals surface area (Å²) in [7, 11) is 1.34. The molecule has 7 heavy (non-hydrogen) atoms. The number of carbonyl (C=O) groups excluding carboxylic acids is 1. The zero-order valence-electron chi connectivity index (χ0n) is 3.72. The molecule has 0 radical (unpaired) electrons. The molecule has 42 valence electrons. The molecule has 1 atom stereocenters. The maximum Gasteiger partial charge on any atom is 0.328 e. The second kappa shape index (κ2) is 3.54. The van der Waals surface area contributed by atoms with Gasteiger partial charge in [-0.1, -0.05) is 22.6 Å². The molecule has 0 rings (SSSR count). The standard InChI is InChI=1S/C3H5IO2S/c1-6-3(5)2(4)7/h2,7H,1H3. The van der Waals surface area contributed by atoms with Crippen LogP contribution in [-0.2, 0) is 9.53 Å². The number of thiol groups is 1. The van der Waals surface area contributed by atoms with Gasteiger partial charge in [-0.3, -0.25) is 4.79 Å². The van der Waals surface area contributed by atoms with Crippen molar-refractivity contribution >= 4 is 41.2 Å². The fourth-order valence-corrected chi connectivity index (χ4v) is 0.457. The van der Waals surface area contributed by atoms with Crippen LogP contribution < -0.4 is 0 Å². The van der Waals surface area contributed by atoms with Crippen molar-refractivity contribution in [2.24, 2.45) is 0 Å². The van der Waals surface area contributed by atoms with Gasteiger partial charge in [0.25, 0.3) is 0 Å². The van der Waals surface area contributed by atoms with Gasteiger partial charge >= 0.3 is 5.97 Å². The van der Waals surface area contributed by atoms with Crippen LogP contribution in [0.25, 0.3) is 0 Å². The fourth-order valence-electron chi connectivity index (χ4n) is 0.0972. The maximum absolute atomic E-state index is 10.2. The molecule has 0 aliphatic rings. The van der Waals surface area contributed by atoms with Crippen molar-refractivity contribution < 1.29 is 9.53 Å². The van der Waals surface area contributed by atoms with Crippen LogP contribution in [0.5, 0.6) is 0 Å². The Balaban J connectivity index is 3.35. The minimum Gasteiger partial charge on any atom is -0.468 e. The van der Waals surface area contributed by atoms with E-state index in [0.29, 0.717) is 0 Å². The first-order valence-corrected chi connectivity index (χ1v) is 3.34. The summed E-state index contributed by atoms with van der Waals surface area (Å²) in [5.41, 5.74) is 0. The van der Waals surface area contributed by atoms with E-state index in [0.717, 1.165) is 0 Å². The van der Waals surface area contributed by atoms with Gasteiger partial charge < -0.3 is 4.74 Å². The van der Waals surface area contributed by atoms with E-state index < -0.39 is 0 Å². The molecule has 0 N–H and O–H groups in total. The molecule has 0 aromatic heterocycles. The SMILES string of the molecule is COC(=O)C(S)I. The van der Waals surface area contributed by atoms with E-state index in [2.05, 4.69) is 17.4 Å². The number of carbonyl (C=O) groups is 1. The van der Waals surface area contributed by atoms with Crippen LogP contribution in [0.1, 0.15) is 0 Å². The van der Waals surface area contributed by atoms with Crippen LogP contribution in [0.3, 0.4) is 0 Å². The zero-order chi connectivity index (χ0) is 5.86. The highest BCUT2D eigenvalue weighted by atomic mass is 127. The monoisotopic (exact) mass is 232 g/mol. The Kier molecular flexibility index (Phi) is 3.82. The van der Waals surface area contributed by atoms with E-state index in [9.17, 15) is 4.79 Å². The molecule has 0 saturated carbocycles. The van der Waals surface area contributed by atoms with E-state index in [1.54, 1.807) is 0 Å². The average molecular weight is 232 g/mol. The van der Waals surface area contributed by atoms with Gasteiger partial charge in [-0.15, -0.1) is 0 Å². The summed E-state index contributed by atoms with van der Waals surface area (Å²) in [6, 6.07) is 0. The predicted octanol–water partition coefficient (Wildman–Crippen LogP) is 0.850. The summed E-state index contributed by atoms with van der Waals surface area (Å²) >= 11 is 5.64. The molecular weight excluding hydrogens is 227 g/mol. The molecule has 0 amide bonds. The number of ether oxygens (including phenoxy) is 1. The molecule has 2 nitrogen and oxygen atoms in total. The van der Waals surface area contributed by atoms with Crippen molar-refractivity contribution in [3.05, 3.63) is 0 Å². The maximum atomic E-state index is 10.2. The third-order valence-corrected chi connectivity index (χ3v) is 1.12. The van der Waals surface area contributed by atoms with Crippen LogP contribution in [0.4, 0.5) is 0 Å². The second-order valence-electron chi connectivity index (χ2n) is 0.859.